The first-order chi connectivity index (χ1) is 12.0. The standard InChI is InChI=1S/C18H15BrClN3O2/c1-12-2-5-14(6-3-12)21-18(24)16-8-9-23(22-16)11-25-17-7-4-13(20)10-15(17)19/h2-10H,11H2,1H3,(H,21,24). The van der Waals surface area contributed by atoms with E-state index in [1.54, 1.807) is 35.1 Å². The zero-order chi connectivity index (χ0) is 17.8. The van der Waals surface area contributed by atoms with Crippen LogP contribution in [0.4, 0.5) is 5.69 Å². The van der Waals surface area contributed by atoms with E-state index in [0.29, 0.717) is 16.5 Å². The van der Waals surface area contributed by atoms with Gasteiger partial charge < -0.3 is 10.1 Å². The fraction of sp³-hybridized carbons (Fsp3) is 0.111. The number of nitrogens with zero attached hydrogens (tertiary/aromatic N) is 2. The molecule has 0 unspecified atom stereocenters. The Bertz CT molecular complexity index is 894. The Labute approximate surface area is 158 Å². The van der Waals surface area contributed by atoms with Crippen molar-refractivity contribution in [3.63, 3.8) is 0 Å². The van der Waals surface area contributed by atoms with Crippen LogP contribution in [-0.2, 0) is 6.73 Å². The average molecular weight is 421 g/mol. The van der Waals surface area contributed by atoms with Crippen molar-refractivity contribution < 1.29 is 9.53 Å². The molecule has 3 aromatic rings. The van der Waals surface area contributed by atoms with Crippen LogP contribution < -0.4 is 10.1 Å². The van der Waals surface area contributed by atoms with E-state index in [9.17, 15) is 4.79 Å². The van der Waals surface area contributed by atoms with Crippen molar-refractivity contribution in [3.05, 3.63) is 75.5 Å². The molecule has 5 nitrogen and oxygen atoms in total. The van der Waals surface area contributed by atoms with Crippen LogP contribution in [0.25, 0.3) is 0 Å². The number of amides is 1. The molecule has 0 fully saturated rings. The molecule has 0 aliphatic rings. The maximum Gasteiger partial charge on any atom is 0.276 e. The molecule has 7 heteroatoms. The molecule has 0 aliphatic heterocycles. The highest BCUT2D eigenvalue weighted by molar-refractivity contribution is 9.10. The first-order valence-corrected chi connectivity index (χ1v) is 8.68. The van der Waals surface area contributed by atoms with Gasteiger partial charge >= 0.3 is 0 Å². The Kier molecular flexibility index (Phi) is 5.40. The van der Waals surface area contributed by atoms with Crippen molar-refractivity contribution in [3.8, 4) is 5.75 Å². The zero-order valence-corrected chi connectivity index (χ0v) is 15.7. The number of halogens is 2. The molecule has 0 radical (unpaired) electrons. The highest BCUT2D eigenvalue weighted by atomic mass is 79.9. The van der Waals surface area contributed by atoms with Crippen LogP contribution >= 0.6 is 27.5 Å². The van der Waals surface area contributed by atoms with Crippen LogP contribution in [0, 0.1) is 6.92 Å². The van der Waals surface area contributed by atoms with Crippen molar-refractivity contribution >= 4 is 39.1 Å². The van der Waals surface area contributed by atoms with Crippen molar-refractivity contribution in [1.82, 2.24) is 9.78 Å². The number of nitrogens with one attached hydrogen (secondary N) is 1. The molecule has 1 amide bonds. The molecule has 0 aliphatic carbocycles. The number of hydrogen-bond donors (Lipinski definition) is 1. The summed E-state index contributed by atoms with van der Waals surface area (Å²) in [5, 5.41) is 7.65. The number of aromatic nitrogens is 2. The lowest BCUT2D eigenvalue weighted by Gasteiger charge is -2.08. The summed E-state index contributed by atoms with van der Waals surface area (Å²) in [7, 11) is 0. The van der Waals surface area contributed by atoms with Crippen LogP contribution in [0.2, 0.25) is 5.02 Å². The second kappa shape index (κ2) is 7.72. The molecular weight excluding hydrogens is 406 g/mol. The van der Waals surface area contributed by atoms with Gasteiger partial charge in [-0.05, 0) is 59.3 Å². The van der Waals surface area contributed by atoms with Gasteiger partial charge in [0.2, 0.25) is 0 Å². The highest BCUT2D eigenvalue weighted by Gasteiger charge is 2.10. The minimum absolute atomic E-state index is 0.179. The van der Waals surface area contributed by atoms with Gasteiger partial charge in [0, 0.05) is 16.9 Å². The number of carbonyl (C=O) groups is 1. The van der Waals surface area contributed by atoms with Gasteiger partial charge in [-0.1, -0.05) is 29.3 Å². The molecule has 1 heterocycles. The maximum atomic E-state index is 12.2. The fourth-order valence-corrected chi connectivity index (χ4v) is 2.91. The maximum absolute atomic E-state index is 12.2. The summed E-state index contributed by atoms with van der Waals surface area (Å²) >= 11 is 9.29. The summed E-state index contributed by atoms with van der Waals surface area (Å²) in [6.45, 7) is 2.17. The van der Waals surface area contributed by atoms with Crippen LogP contribution in [0.3, 0.4) is 0 Å². The lowest BCUT2D eigenvalue weighted by Crippen LogP contribution is -2.14. The number of hydrogen-bond acceptors (Lipinski definition) is 3. The summed E-state index contributed by atoms with van der Waals surface area (Å²) < 4.78 is 7.97. The predicted octanol–water partition coefficient (Wildman–Crippen LogP) is 4.90. The first kappa shape index (κ1) is 17.5. The van der Waals surface area contributed by atoms with Gasteiger partial charge in [-0.25, -0.2) is 4.68 Å². The molecule has 0 saturated carbocycles. The normalized spacial score (nSPS) is 10.5. The molecule has 2 aromatic carbocycles. The van der Waals surface area contributed by atoms with Gasteiger partial charge in [-0.2, -0.15) is 5.10 Å². The zero-order valence-electron chi connectivity index (χ0n) is 13.4. The molecule has 1 aromatic heterocycles. The predicted molar refractivity (Wildman–Crippen MR) is 101 cm³/mol. The third kappa shape index (κ3) is 4.61. The van der Waals surface area contributed by atoms with Crippen molar-refractivity contribution in [1.29, 1.82) is 0 Å². The second-order valence-electron chi connectivity index (χ2n) is 5.41. The third-order valence-corrected chi connectivity index (χ3v) is 4.28. The van der Waals surface area contributed by atoms with E-state index in [0.717, 1.165) is 15.7 Å². The Hall–Kier alpha value is -2.31. The minimum Gasteiger partial charge on any atom is -0.470 e. The molecule has 0 atom stereocenters. The topological polar surface area (TPSA) is 56.2 Å². The largest absolute Gasteiger partial charge is 0.470 e. The SMILES string of the molecule is Cc1ccc(NC(=O)c2ccn(COc3ccc(Cl)cc3Br)n2)cc1. The number of rotatable bonds is 5. The molecule has 3 rings (SSSR count). The number of anilines is 1. The monoisotopic (exact) mass is 419 g/mol. The van der Waals surface area contributed by atoms with Gasteiger partial charge in [0.05, 0.1) is 4.47 Å². The molecular formula is C18H15BrClN3O2. The number of benzene rings is 2. The average Bonchev–Trinajstić information content (AvgIpc) is 3.05. The summed E-state index contributed by atoms with van der Waals surface area (Å²) in [6.07, 6.45) is 1.69. The van der Waals surface area contributed by atoms with Gasteiger partial charge in [0.15, 0.2) is 12.4 Å². The van der Waals surface area contributed by atoms with Crippen molar-refractivity contribution in [2.24, 2.45) is 0 Å². The third-order valence-electron chi connectivity index (χ3n) is 3.43. The lowest BCUT2D eigenvalue weighted by molar-refractivity contribution is 0.102. The fourth-order valence-electron chi connectivity index (χ4n) is 2.11. The Morgan fingerprint density at radius 2 is 2.00 bits per heavy atom. The summed E-state index contributed by atoms with van der Waals surface area (Å²) in [5.41, 5.74) is 2.18. The highest BCUT2D eigenvalue weighted by Crippen LogP contribution is 2.28. The second-order valence-corrected chi connectivity index (χ2v) is 6.70. The molecule has 0 spiro atoms. The number of ether oxygens (including phenoxy) is 1. The van der Waals surface area contributed by atoms with Crippen LogP contribution in [0.15, 0.2) is 59.2 Å². The van der Waals surface area contributed by atoms with E-state index in [1.165, 1.54) is 0 Å². The van der Waals surface area contributed by atoms with E-state index in [-0.39, 0.29) is 12.6 Å². The number of aryl methyl sites for hydroxylation is 1. The summed E-state index contributed by atoms with van der Waals surface area (Å²) in [6, 6.07) is 14.5. The van der Waals surface area contributed by atoms with E-state index >= 15 is 0 Å². The summed E-state index contributed by atoms with van der Waals surface area (Å²) in [5.74, 6) is 0.376. The Balaban J connectivity index is 1.61. The van der Waals surface area contributed by atoms with E-state index in [2.05, 4.69) is 26.3 Å². The molecule has 128 valence electrons. The smallest absolute Gasteiger partial charge is 0.276 e. The molecule has 1 N–H and O–H groups in total. The van der Waals surface area contributed by atoms with Crippen molar-refractivity contribution in [2.45, 2.75) is 13.7 Å². The molecule has 25 heavy (non-hydrogen) atoms. The van der Waals surface area contributed by atoms with Gasteiger partial charge in [0.1, 0.15) is 5.75 Å². The van der Waals surface area contributed by atoms with Crippen LogP contribution in [-0.4, -0.2) is 15.7 Å². The Morgan fingerprint density at radius 1 is 1.24 bits per heavy atom. The van der Waals surface area contributed by atoms with Crippen LogP contribution in [0.5, 0.6) is 5.75 Å². The van der Waals surface area contributed by atoms with E-state index < -0.39 is 0 Å². The Morgan fingerprint density at radius 3 is 2.72 bits per heavy atom. The van der Waals surface area contributed by atoms with Crippen LogP contribution in [0.1, 0.15) is 16.1 Å². The lowest BCUT2D eigenvalue weighted by atomic mass is 10.2. The van der Waals surface area contributed by atoms with Crippen molar-refractivity contribution in [2.75, 3.05) is 5.32 Å². The summed E-state index contributed by atoms with van der Waals surface area (Å²) in [4.78, 5) is 12.2. The van der Waals surface area contributed by atoms with Gasteiger partial charge in [-0.3, -0.25) is 4.79 Å². The first-order valence-electron chi connectivity index (χ1n) is 7.50. The van der Waals surface area contributed by atoms with Gasteiger partial charge in [0.25, 0.3) is 5.91 Å². The minimum atomic E-state index is -0.268. The quantitative estimate of drug-likeness (QED) is 0.639. The number of carbonyl (C=O) groups excluding carboxylic acids is 1. The van der Waals surface area contributed by atoms with E-state index in [4.69, 9.17) is 16.3 Å². The van der Waals surface area contributed by atoms with Gasteiger partial charge in [-0.15, -0.1) is 0 Å². The molecule has 0 bridgehead atoms. The van der Waals surface area contributed by atoms with E-state index in [1.807, 2.05) is 31.2 Å². The molecule has 0 saturated heterocycles.